The Balaban J connectivity index is 1.73. The molecule has 1 atom stereocenters. The van der Waals surface area contributed by atoms with Crippen molar-refractivity contribution in [3.05, 3.63) is 47.7 Å². The summed E-state index contributed by atoms with van der Waals surface area (Å²) in [5.74, 6) is 1.19. The zero-order valence-corrected chi connectivity index (χ0v) is 12.5. The van der Waals surface area contributed by atoms with E-state index in [4.69, 9.17) is 5.73 Å². The Morgan fingerprint density at radius 3 is 2.81 bits per heavy atom. The van der Waals surface area contributed by atoms with Crippen LogP contribution in [0.3, 0.4) is 0 Å². The smallest absolute Gasteiger partial charge is 0.227 e. The van der Waals surface area contributed by atoms with Gasteiger partial charge in [-0.1, -0.05) is 24.3 Å². The van der Waals surface area contributed by atoms with Crippen LogP contribution in [-0.2, 0) is 13.0 Å². The molecule has 0 fully saturated rings. The second-order valence-corrected chi connectivity index (χ2v) is 5.70. The van der Waals surface area contributed by atoms with E-state index in [0.717, 1.165) is 19.5 Å². The van der Waals surface area contributed by atoms with Crippen LogP contribution in [0.5, 0.6) is 0 Å². The van der Waals surface area contributed by atoms with Gasteiger partial charge in [0.15, 0.2) is 0 Å². The van der Waals surface area contributed by atoms with Crippen molar-refractivity contribution < 1.29 is 0 Å². The van der Waals surface area contributed by atoms with Gasteiger partial charge in [0.2, 0.25) is 5.95 Å². The average Bonchev–Trinajstić information content (AvgIpc) is 2.48. The van der Waals surface area contributed by atoms with Crippen LogP contribution >= 0.6 is 0 Å². The zero-order valence-electron chi connectivity index (χ0n) is 12.5. The summed E-state index contributed by atoms with van der Waals surface area (Å²) in [6.07, 6.45) is 2.76. The van der Waals surface area contributed by atoms with E-state index >= 15 is 0 Å². The van der Waals surface area contributed by atoms with Crippen LogP contribution in [-0.4, -0.2) is 41.5 Å². The Hall–Kier alpha value is -2.14. The largest absolute Gasteiger partial charge is 0.384 e. The Kier molecular flexibility index (Phi) is 3.75. The van der Waals surface area contributed by atoms with Gasteiger partial charge in [0.05, 0.1) is 0 Å². The Bertz CT molecular complexity index is 628. The first-order valence-corrected chi connectivity index (χ1v) is 7.20. The maximum Gasteiger partial charge on any atom is 0.227 e. The van der Waals surface area contributed by atoms with Crippen LogP contribution in [0.2, 0.25) is 0 Å². The van der Waals surface area contributed by atoms with Crippen LogP contribution in [0.25, 0.3) is 0 Å². The Labute approximate surface area is 125 Å². The van der Waals surface area contributed by atoms with E-state index in [9.17, 15) is 0 Å². The number of hydrogen-bond donors (Lipinski definition) is 1. The van der Waals surface area contributed by atoms with Crippen LogP contribution in [0.15, 0.2) is 36.5 Å². The maximum atomic E-state index is 5.73. The van der Waals surface area contributed by atoms with Gasteiger partial charge in [-0.2, -0.15) is 4.98 Å². The number of rotatable bonds is 3. The molecule has 0 aliphatic carbocycles. The summed E-state index contributed by atoms with van der Waals surface area (Å²) < 4.78 is 0. The summed E-state index contributed by atoms with van der Waals surface area (Å²) in [4.78, 5) is 13.0. The molecule has 1 aromatic heterocycles. The van der Waals surface area contributed by atoms with Gasteiger partial charge in [0.25, 0.3) is 0 Å². The van der Waals surface area contributed by atoms with E-state index < -0.39 is 0 Å². The predicted molar refractivity (Wildman–Crippen MR) is 85.1 cm³/mol. The molecule has 1 aliphatic heterocycles. The summed E-state index contributed by atoms with van der Waals surface area (Å²) in [6.45, 7) is 1.88. The number of likely N-dealkylation sites (N-methyl/N-ethyl adjacent to an activating group) is 2. The molecule has 2 N–H and O–H groups in total. The highest BCUT2D eigenvalue weighted by atomic mass is 15.3. The first kappa shape index (κ1) is 13.8. The number of nitrogens with zero attached hydrogens (tertiary/aromatic N) is 4. The van der Waals surface area contributed by atoms with E-state index in [0.29, 0.717) is 17.8 Å². The van der Waals surface area contributed by atoms with E-state index in [1.165, 1.54) is 11.1 Å². The molecule has 0 bridgehead atoms. The van der Waals surface area contributed by atoms with Crippen LogP contribution in [0.1, 0.15) is 11.1 Å². The van der Waals surface area contributed by atoms with Crippen LogP contribution < -0.4 is 10.6 Å². The van der Waals surface area contributed by atoms with Crippen molar-refractivity contribution in [3.63, 3.8) is 0 Å². The standard InChI is InChI=1S/C16H21N5/c1-20-10-13-6-4-3-5-12(13)9-14(20)11-21(2)16-18-8-7-15(17)19-16/h3-8,14H,9-11H2,1-2H3,(H2,17,18,19). The third-order valence-corrected chi connectivity index (χ3v) is 4.11. The summed E-state index contributed by atoms with van der Waals surface area (Å²) in [5, 5.41) is 0. The molecule has 5 heteroatoms. The summed E-state index contributed by atoms with van der Waals surface area (Å²) in [7, 11) is 4.19. The molecule has 5 nitrogen and oxygen atoms in total. The second-order valence-electron chi connectivity index (χ2n) is 5.70. The monoisotopic (exact) mass is 283 g/mol. The van der Waals surface area contributed by atoms with Crippen molar-refractivity contribution in [2.45, 2.75) is 19.0 Å². The van der Waals surface area contributed by atoms with Crippen LogP contribution in [0.4, 0.5) is 11.8 Å². The lowest BCUT2D eigenvalue weighted by Crippen LogP contribution is -2.45. The topological polar surface area (TPSA) is 58.3 Å². The minimum Gasteiger partial charge on any atom is -0.384 e. The SMILES string of the molecule is CN(CC1Cc2ccccc2CN1C)c1nccc(N)n1. The molecule has 0 saturated carbocycles. The van der Waals surface area contributed by atoms with Crippen molar-refractivity contribution in [1.29, 1.82) is 0 Å². The quantitative estimate of drug-likeness (QED) is 0.926. The number of hydrogen-bond acceptors (Lipinski definition) is 5. The van der Waals surface area contributed by atoms with Crippen molar-refractivity contribution in [1.82, 2.24) is 14.9 Å². The molecular weight excluding hydrogens is 262 g/mol. The van der Waals surface area contributed by atoms with E-state index in [-0.39, 0.29) is 0 Å². The Morgan fingerprint density at radius 1 is 1.29 bits per heavy atom. The summed E-state index contributed by atoms with van der Waals surface area (Å²) in [6, 6.07) is 10.8. The van der Waals surface area contributed by atoms with Gasteiger partial charge < -0.3 is 10.6 Å². The van der Waals surface area contributed by atoms with Gasteiger partial charge in [0.1, 0.15) is 5.82 Å². The van der Waals surface area contributed by atoms with Gasteiger partial charge in [-0.15, -0.1) is 0 Å². The first-order valence-electron chi connectivity index (χ1n) is 7.20. The van der Waals surface area contributed by atoms with Gasteiger partial charge >= 0.3 is 0 Å². The fourth-order valence-electron chi connectivity index (χ4n) is 2.87. The molecule has 1 aromatic carbocycles. The zero-order chi connectivity index (χ0) is 14.8. The molecule has 0 radical (unpaired) electrons. The number of nitrogen functional groups attached to an aromatic ring is 1. The molecule has 110 valence electrons. The highest BCUT2D eigenvalue weighted by Crippen LogP contribution is 2.23. The molecule has 0 spiro atoms. The highest BCUT2D eigenvalue weighted by molar-refractivity contribution is 5.37. The van der Waals surface area contributed by atoms with Crippen molar-refractivity contribution in [2.24, 2.45) is 0 Å². The lowest BCUT2D eigenvalue weighted by molar-refractivity contribution is 0.218. The molecule has 1 aliphatic rings. The van der Waals surface area contributed by atoms with E-state index in [1.54, 1.807) is 12.3 Å². The fourth-order valence-corrected chi connectivity index (χ4v) is 2.87. The third kappa shape index (κ3) is 2.97. The third-order valence-electron chi connectivity index (χ3n) is 4.11. The molecule has 1 unspecified atom stereocenters. The van der Waals surface area contributed by atoms with E-state index in [1.807, 2.05) is 7.05 Å². The number of aromatic nitrogens is 2. The normalized spacial score (nSPS) is 18.3. The molecule has 0 amide bonds. The molecular formula is C16H21N5. The minimum absolute atomic E-state index is 0.454. The Morgan fingerprint density at radius 2 is 2.05 bits per heavy atom. The maximum absolute atomic E-state index is 5.73. The van der Waals surface area contributed by atoms with Crippen LogP contribution in [0, 0.1) is 0 Å². The number of fused-ring (bicyclic) bond motifs is 1. The molecule has 21 heavy (non-hydrogen) atoms. The summed E-state index contributed by atoms with van der Waals surface area (Å²) in [5.41, 5.74) is 8.61. The number of anilines is 2. The van der Waals surface area contributed by atoms with Crippen molar-refractivity contribution in [3.8, 4) is 0 Å². The van der Waals surface area contributed by atoms with Gasteiger partial charge in [-0.3, -0.25) is 4.90 Å². The lowest BCUT2D eigenvalue weighted by atomic mass is 9.94. The second kappa shape index (κ2) is 5.69. The molecule has 0 saturated heterocycles. The van der Waals surface area contributed by atoms with Gasteiger partial charge in [0, 0.05) is 32.4 Å². The lowest BCUT2D eigenvalue weighted by Gasteiger charge is -2.36. The van der Waals surface area contributed by atoms with Gasteiger partial charge in [-0.05, 0) is 30.7 Å². The number of nitrogens with two attached hydrogens (primary N) is 1. The average molecular weight is 283 g/mol. The minimum atomic E-state index is 0.454. The van der Waals surface area contributed by atoms with Gasteiger partial charge in [-0.25, -0.2) is 4.98 Å². The highest BCUT2D eigenvalue weighted by Gasteiger charge is 2.24. The predicted octanol–water partition coefficient (Wildman–Crippen LogP) is 1.55. The fraction of sp³-hybridized carbons (Fsp3) is 0.375. The number of benzene rings is 1. The molecule has 2 aromatic rings. The molecule has 3 rings (SSSR count). The van der Waals surface area contributed by atoms with Crippen molar-refractivity contribution >= 4 is 11.8 Å². The van der Waals surface area contributed by atoms with E-state index in [2.05, 4.69) is 51.1 Å². The molecule has 2 heterocycles. The first-order chi connectivity index (χ1) is 10.1. The van der Waals surface area contributed by atoms with Crippen molar-refractivity contribution in [2.75, 3.05) is 31.3 Å². The summed E-state index contributed by atoms with van der Waals surface area (Å²) >= 11 is 0.